The molecule has 4 nitrogen and oxygen atoms in total. The van der Waals surface area contributed by atoms with E-state index in [0.717, 1.165) is 11.3 Å². The quantitative estimate of drug-likeness (QED) is 0.769. The van der Waals surface area contributed by atoms with Crippen LogP contribution in [0.15, 0.2) is 39.7 Å². The van der Waals surface area contributed by atoms with Crippen LogP contribution in [0.1, 0.15) is 0 Å². The molecule has 0 amide bonds. The van der Waals surface area contributed by atoms with E-state index in [9.17, 15) is 8.42 Å². The zero-order valence-electron chi connectivity index (χ0n) is 8.95. The molecular formula is C10H8BNO3S2. The first-order chi connectivity index (χ1) is 8.04. The van der Waals surface area contributed by atoms with Crippen LogP contribution in [0.4, 0.5) is 0 Å². The molecule has 0 unspecified atom stereocenters. The summed E-state index contributed by atoms with van der Waals surface area (Å²) in [4.78, 5) is 3.95. The van der Waals surface area contributed by atoms with Crippen molar-refractivity contribution < 1.29 is 13.2 Å². The second-order valence-corrected chi connectivity index (χ2v) is 6.39. The number of methoxy groups -OCH3 is 1. The van der Waals surface area contributed by atoms with Crippen molar-refractivity contribution in [2.45, 2.75) is 9.24 Å². The highest BCUT2D eigenvalue weighted by molar-refractivity contribution is 7.93. The Morgan fingerprint density at radius 1 is 1.29 bits per heavy atom. The van der Waals surface area contributed by atoms with Crippen LogP contribution in [0.2, 0.25) is 0 Å². The fourth-order valence-electron chi connectivity index (χ4n) is 1.25. The lowest BCUT2D eigenvalue weighted by atomic mass is 10.1. The molecule has 2 rings (SSSR count). The van der Waals surface area contributed by atoms with Crippen LogP contribution in [0, 0.1) is 0 Å². The van der Waals surface area contributed by atoms with Crippen molar-refractivity contribution >= 4 is 33.8 Å². The number of thiazole rings is 1. The van der Waals surface area contributed by atoms with Gasteiger partial charge in [-0.25, -0.2) is 13.4 Å². The third kappa shape index (κ3) is 2.35. The molecule has 1 aromatic heterocycles. The SMILES string of the molecule is [B]c1cnc(S(=O)(=O)c2ccc(OC)cc2)s1. The van der Waals surface area contributed by atoms with Gasteiger partial charge >= 0.3 is 0 Å². The van der Waals surface area contributed by atoms with Gasteiger partial charge in [0, 0.05) is 6.20 Å². The summed E-state index contributed by atoms with van der Waals surface area (Å²) >= 11 is 0.947. The Balaban J connectivity index is 2.44. The molecule has 0 N–H and O–H groups in total. The van der Waals surface area contributed by atoms with Gasteiger partial charge in [-0.3, -0.25) is 0 Å². The molecule has 0 aliphatic carbocycles. The summed E-state index contributed by atoms with van der Waals surface area (Å²) in [5.41, 5.74) is 0. The Morgan fingerprint density at radius 3 is 2.41 bits per heavy atom. The third-order valence-electron chi connectivity index (χ3n) is 2.10. The summed E-state index contributed by atoms with van der Waals surface area (Å²) < 4.78 is 29.5. The van der Waals surface area contributed by atoms with Crippen LogP contribution in [-0.4, -0.2) is 28.4 Å². The maximum atomic E-state index is 12.1. The highest BCUT2D eigenvalue weighted by Gasteiger charge is 2.20. The molecule has 0 fully saturated rings. The highest BCUT2D eigenvalue weighted by atomic mass is 32.2. The molecule has 1 aromatic carbocycles. The summed E-state index contributed by atoms with van der Waals surface area (Å²) in [7, 11) is 3.42. The Morgan fingerprint density at radius 2 is 1.94 bits per heavy atom. The van der Waals surface area contributed by atoms with Gasteiger partial charge in [0.1, 0.15) is 13.6 Å². The van der Waals surface area contributed by atoms with Crippen molar-refractivity contribution in [1.29, 1.82) is 0 Å². The topological polar surface area (TPSA) is 56.3 Å². The Labute approximate surface area is 105 Å². The fraction of sp³-hybridized carbons (Fsp3) is 0.100. The third-order valence-corrected chi connectivity index (χ3v) is 5.09. The minimum atomic E-state index is -3.57. The largest absolute Gasteiger partial charge is 0.497 e. The molecule has 0 aliphatic heterocycles. The molecule has 0 saturated heterocycles. The molecule has 7 heteroatoms. The summed E-state index contributed by atoms with van der Waals surface area (Å²) in [6.07, 6.45) is 1.33. The first kappa shape index (κ1) is 12.1. The molecule has 0 spiro atoms. The summed E-state index contributed by atoms with van der Waals surface area (Å²) in [5, 5.41) is 0. The van der Waals surface area contributed by atoms with Gasteiger partial charge in [-0.1, -0.05) is 0 Å². The van der Waals surface area contributed by atoms with Crippen molar-refractivity contribution in [3.8, 4) is 5.75 Å². The lowest BCUT2D eigenvalue weighted by molar-refractivity contribution is 0.414. The van der Waals surface area contributed by atoms with Gasteiger partial charge in [0.25, 0.3) is 0 Å². The van der Waals surface area contributed by atoms with Crippen molar-refractivity contribution in [3.05, 3.63) is 30.5 Å². The second kappa shape index (κ2) is 4.50. The highest BCUT2D eigenvalue weighted by Crippen LogP contribution is 2.23. The number of aromatic nitrogens is 1. The number of nitrogens with zero attached hydrogens (tertiary/aromatic N) is 1. The summed E-state index contributed by atoms with van der Waals surface area (Å²) in [6.45, 7) is 0. The van der Waals surface area contributed by atoms with E-state index < -0.39 is 9.84 Å². The maximum absolute atomic E-state index is 12.1. The smallest absolute Gasteiger partial charge is 0.233 e. The van der Waals surface area contributed by atoms with E-state index in [0.29, 0.717) is 10.5 Å². The zero-order chi connectivity index (χ0) is 12.5. The predicted octanol–water partition coefficient (Wildman–Crippen LogP) is 0.778. The average molecular weight is 265 g/mol. The van der Waals surface area contributed by atoms with E-state index in [1.165, 1.54) is 25.4 Å². The number of ether oxygens (including phenoxy) is 1. The van der Waals surface area contributed by atoms with E-state index in [2.05, 4.69) is 4.98 Å². The Bertz CT molecular complexity index is 619. The number of hydrogen-bond donors (Lipinski definition) is 0. The van der Waals surface area contributed by atoms with Crippen molar-refractivity contribution in [3.63, 3.8) is 0 Å². The molecule has 0 aliphatic rings. The second-order valence-electron chi connectivity index (χ2n) is 3.21. The van der Waals surface area contributed by atoms with Crippen LogP contribution < -0.4 is 9.51 Å². The monoisotopic (exact) mass is 265 g/mol. The molecule has 2 radical (unpaired) electrons. The van der Waals surface area contributed by atoms with Crippen LogP contribution in [-0.2, 0) is 9.84 Å². The van der Waals surface area contributed by atoms with Crippen LogP contribution in [0.25, 0.3) is 0 Å². The molecule has 17 heavy (non-hydrogen) atoms. The summed E-state index contributed by atoms with van der Waals surface area (Å²) in [6, 6.07) is 6.13. The molecule has 2 aromatic rings. The fourth-order valence-corrected chi connectivity index (χ4v) is 3.57. The van der Waals surface area contributed by atoms with Crippen LogP contribution >= 0.6 is 11.3 Å². The van der Waals surface area contributed by atoms with Gasteiger partial charge in [0.2, 0.25) is 14.2 Å². The minimum Gasteiger partial charge on any atom is -0.497 e. The van der Waals surface area contributed by atoms with E-state index in [1.54, 1.807) is 12.1 Å². The number of hydrogen-bond acceptors (Lipinski definition) is 5. The van der Waals surface area contributed by atoms with Gasteiger partial charge in [0.05, 0.1) is 12.0 Å². The van der Waals surface area contributed by atoms with Crippen molar-refractivity contribution in [2.75, 3.05) is 7.11 Å². The molecule has 1 heterocycles. The van der Waals surface area contributed by atoms with Gasteiger partial charge in [-0.15, -0.1) is 11.3 Å². The number of sulfone groups is 1. The Kier molecular flexibility index (Phi) is 3.21. The number of rotatable bonds is 3. The lowest BCUT2D eigenvalue weighted by Crippen LogP contribution is -2.01. The first-order valence-corrected chi connectivity index (χ1v) is 6.94. The molecule has 0 atom stereocenters. The maximum Gasteiger partial charge on any atom is 0.233 e. The van der Waals surface area contributed by atoms with Crippen LogP contribution in [0.3, 0.4) is 0 Å². The van der Waals surface area contributed by atoms with Crippen molar-refractivity contribution in [2.24, 2.45) is 0 Å². The molecule has 0 bridgehead atoms. The first-order valence-electron chi connectivity index (χ1n) is 4.64. The van der Waals surface area contributed by atoms with Gasteiger partial charge in [0.15, 0.2) is 0 Å². The molecular weight excluding hydrogens is 257 g/mol. The van der Waals surface area contributed by atoms with E-state index in [4.69, 9.17) is 12.6 Å². The standard InChI is InChI=1S/C10H8BNO3S2/c1-15-7-2-4-8(5-3-7)17(13,14)10-12-6-9(11)16-10/h2-6H,1H3. The minimum absolute atomic E-state index is 0.000154. The zero-order valence-corrected chi connectivity index (χ0v) is 10.6. The van der Waals surface area contributed by atoms with E-state index in [1.807, 2.05) is 0 Å². The van der Waals surface area contributed by atoms with Gasteiger partial charge < -0.3 is 4.74 Å². The molecule has 0 saturated carbocycles. The average Bonchev–Trinajstić information content (AvgIpc) is 2.77. The lowest BCUT2D eigenvalue weighted by Gasteiger charge is -2.02. The van der Waals surface area contributed by atoms with E-state index >= 15 is 0 Å². The summed E-state index contributed by atoms with van der Waals surface area (Å²) in [5.74, 6) is 0.600. The number of benzene rings is 1. The van der Waals surface area contributed by atoms with Gasteiger partial charge in [-0.2, -0.15) is 0 Å². The Hall–Kier alpha value is -1.34. The normalized spacial score (nSPS) is 11.4. The van der Waals surface area contributed by atoms with Crippen LogP contribution in [0.5, 0.6) is 5.75 Å². The van der Waals surface area contributed by atoms with Gasteiger partial charge in [-0.05, 0) is 29.0 Å². The predicted molar refractivity (Wildman–Crippen MR) is 65.9 cm³/mol. The molecule has 86 valence electrons. The van der Waals surface area contributed by atoms with Crippen molar-refractivity contribution in [1.82, 2.24) is 4.98 Å². The van der Waals surface area contributed by atoms with E-state index in [-0.39, 0.29) is 9.24 Å².